The average molecular weight is 366 g/mol. The molecule has 27 heavy (non-hydrogen) atoms. The number of hydrogen-bond acceptors (Lipinski definition) is 4. The van der Waals surface area contributed by atoms with E-state index in [1.807, 2.05) is 45.9 Å². The van der Waals surface area contributed by atoms with E-state index in [1.165, 1.54) is 4.68 Å². The van der Waals surface area contributed by atoms with Gasteiger partial charge in [-0.3, -0.25) is 14.6 Å². The number of hydrogen-bond donors (Lipinski definition) is 2. The molecule has 0 aliphatic carbocycles. The molecule has 0 radical (unpaired) electrons. The Labute approximate surface area is 155 Å². The Kier molecular flexibility index (Phi) is 4.94. The molecule has 0 saturated heterocycles. The smallest absolute Gasteiger partial charge is 0.329 e. The number of H-pyrrole nitrogens is 2. The Morgan fingerprint density at radius 1 is 1.07 bits per heavy atom. The second-order valence-electron chi connectivity index (χ2n) is 7.03. The Hall–Kier alpha value is -3.22. The summed E-state index contributed by atoms with van der Waals surface area (Å²) in [5.74, 6) is 0.149. The number of aromatic nitrogens is 4. The lowest BCUT2D eigenvalue weighted by Gasteiger charge is -2.14. The van der Waals surface area contributed by atoms with E-state index in [4.69, 9.17) is 0 Å². The van der Waals surface area contributed by atoms with Crippen molar-refractivity contribution in [3.63, 3.8) is 0 Å². The third kappa shape index (κ3) is 3.81. The summed E-state index contributed by atoms with van der Waals surface area (Å²) in [6, 6.07) is 5.68. The lowest BCUT2D eigenvalue weighted by molar-refractivity contribution is 0.748. The molecule has 0 amide bonds. The standard InChI is InChI=1S/C20H22N4O3/c1-11(2)16-7-14(9-21-19(16)26)8-17-12(3)5-15(6-13(17)4)24-20(27)23-18(25)10-22-24/h5-7,9-11H,8H2,1-4H3,(H,21,26)(H,23,25,27). The molecule has 0 aliphatic rings. The van der Waals surface area contributed by atoms with Crippen LogP contribution in [0.3, 0.4) is 0 Å². The number of nitrogens with one attached hydrogen (secondary N) is 2. The van der Waals surface area contributed by atoms with Gasteiger partial charge in [-0.05, 0) is 66.6 Å². The highest BCUT2D eigenvalue weighted by molar-refractivity contribution is 5.46. The van der Waals surface area contributed by atoms with Crippen LogP contribution < -0.4 is 16.8 Å². The van der Waals surface area contributed by atoms with Crippen molar-refractivity contribution in [2.24, 2.45) is 0 Å². The molecular weight excluding hydrogens is 344 g/mol. The van der Waals surface area contributed by atoms with Gasteiger partial charge in [0.15, 0.2) is 0 Å². The van der Waals surface area contributed by atoms with Crippen LogP contribution in [0.1, 0.15) is 47.6 Å². The lowest BCUT2D eigenvalue weighted by Crippen LogP contribution is -2.30. The highest BCUT2D eigenvalue weighted by Gasteiger charge is 2.12. The second-order valence-corrected chi connectivity index (χ2v) is 7.03. The molecule has 0 saturated carbocycles. The molecule has 0 unspecified atom stereocenters. The van der Waals surface area contributed by atoms with Gasteiger partial charge < -0.3 is 4.98 Å². The molecule has 2 N–H and O–H groups in total. The van der Waals surface area contributed by atoms with Gasteiger partial charge in [0.1, 0.15) is 6.20 Å². The fourth-order valence-electron chi connectivity index (χ4n) is 3.19. The van der Waals surface area contributed by atoms with Crippen LogP contribution >= 0.6 is 0 Å². The first-order chi connectivity index (χ1) is 12.8. The molecule has 7 heteroatoms. The van der Waals surface area contributed by atoms with Gasteiger partial charge in [0.2, 0.25) is 0 Å². The molecule has 2 aromatic heterocycles. The van der Waals surface area contributed by atoms with Crippen molar-refractivity contribution >= 4 is 0 Å². The van der Waals surface area contributed by atoms with Crippen LogP contribution in [0.15, 0.2) is 45.0 Å². The van der Waals surface area contributed by atoms with E-state index in [0.717, 1.165) is 34.0 Å². The Bertz CT molecular complexity index is 1150. The molecule has 0 spiro atoms. The topological polar surface area (TPSA) is 101 Å². The quantitative estimate of drug-likeness (QED) is 0.737. The van der Waals surface area contributed by atoms with E-state index in [-0.39, 0.29) is 11.5 Å². The zero-order valence-corrected chi connectivity index (χ0v) is 15.8. The zero-order valence-electron chi connectivity index (χ0n) is 15.8. The van der Waals surface area contributed by atoms with Gasteiger partial charge in [0.25, 0.3) is 11.1 Å². The molecule has 2 heterocycles. The van der Waals surface area contributed by atoms with Crippen molar-refractivity contribution in [2.75, 3.05) is 0 Å². The first kappa shape index (κ1) is 18.6. The monoisotopic (exact) mass is 366 g/mol. The molecule has 140 valence electrons. The molecule has 0 fully saturated rings. The highest BCUT2D eigenvalue weighted by Crippen LogP contribution is 2.22. The summed E-state index contributed by atoms with van der Waals surface area (Å²) in [6.45, 7) is 7.93. The van der Waals surface area contributed by atoms with Gasteiger partial charge in [0.05, 0.1) is 5.69 Å². The third-order valence-electron chi connectivity index (χ3n) is 4.63. The van der Waals surface area contributed by atoms with Gasteiger partial charge in [-0.25, -0.2) is 4.79 Å². The van der Waals surface area contributed by atoms with E-state index in [1.54, 1.807) is 6.20 Å². The summed E-state index contributed by atoms with van der Waals surface area (Å²) < 4.78 is 1.17. The Morgan fingerprint density at radius 2 is 1.74 bits per heavy atom. The van der Waals surface area contributed by atoms with Gasteiger partial charge in [-0.15, -0.1) is 0 Å². The Morgan fingerprint density at radius 3 is 2.33 bits per heavy atom. The number of aromatic amines is 2. The first-order valence-corrected chi connectivity index (χ1v) is 8.77. The summed E-state index contributed by atoms with van der Waals surface area (Å²) >= 11 is 0. The van der Waals surface area contributed by atoms with Crippen LogP contribution in [0.2, 0.25) is 0 Å². The number of aryl methyl sites for hydroxylation is 2. The molecule has 7 nitrogen and oxygen atoms in total. The number of benzene rings is 1. The van der Waals surface area contributed by atoms with E-state index in [0.29, 0.717) is 12.1 Å². The fourth-order valence-corrected chi connectivity index (χ4v) is 3.19. The highest BCUT2D eigenvalue weighted by atomic mass is 16.2. The van der Waals surface area contributed by atoms with E-state index in [2.05, 4.69) is 15.1 Å². The van der Waals surface area contributed by atoms with Crippen LogP contribution in [-0.2, 0) is 6.42 Å². The summed E-state index contributed by atoms with van der Waals surface area (Å²) in [7, 11) is 0. The minimum Gasteiger partial charge on any atom is -0.329 e. The fraction of sp³-hybridized carbons (Fsp3) is 0.300. The molecule has 0 bridgehead atoms. The summed E-state index contributed by atoms with van der Waals surface area (Å²) in [6.07, 6.45) is 3.49. The molecule has 3 aromatic rings. The van der Waals surface area contributed by atoms with Crippen LogP contribution in [0.25, 0.3) is 5.69 Å². The van der Waals surface area contributed by atoms with Crippen LogP contribution in [0.4, 0.5) is 0 Å². The first-order valence-electron chi connectivity index (χ1n) is 8.77. The van der Waals surface area contributed by atoms with Crippen molar-refractivity contribution in [3.8, 4) is 5.69 Å². The maximum atomic E-state index is 12.0. The largest absolute Gasteiger partial charge is 0.349 e. The predicted octanol–water partition coefficient (Wildman–Crippen LogP) is 1.94. The number of nitrogens with zero attached hydrogens (tertiary/aromatic N) is 2. The SMILES string of the molecule is Cc1cc(-n2ncc(=O)[nH]c2=O)cc(C)c1Cc1c[nH]c(=O)c(C(C)C)c1. The van der Waals surface area contributed by atoms with Gasteiger partial charge in [0, 0.05) is 11.8 Å². The van der Waals surface area contributed by atoms with Crippen molar-refractivity contribution in [3.05, 3.63) is 89.6 Å². The van der Waals surface area contributed by atoms with Crippen molar-refractivity contribution in [1.29, 1.82) is 0 Å². The van der Waals surface area contributed by atoms with Crippen LogP contribution in [0.5, 0.6) is 0 Å². The van der Waals surface area contributed by atoms with Crippen molar-refractivity contribution in [2.45, 2.75) is 40.0 Å². The molecule has 0 atom stereocenters. The molecule has 0 aliphatic heterocycles. The van der Waals surface area contributed by atoms with Gasteiger partial charge in [-0.2, -0.15) is 9.78 Å². The number of rotatable bonds is 4. The summed E-state index contributed by atoms with van der Waals surface area (Å²) in [4.78, 5) is 40.2. The summed E-state index contributed by atoms with van der Waals surface area (Å²) in [5, 5.41) is 3.91. The zero-order chi connectivity index (χ0) is 19.7. The Balaban J connectivity index is 2.01. The van der Waals surface area contributed by atoms with Gasteiger partial charge >= 0.3 is 5.69 Å². The van der Waals surface area contributed by atoms with E-state index >= 15 is 0 Å². The van der Waals surface area contributed by atoms with Gasteiger partial charge in [-0.1, -0.05) is 13.8 Å². The minimum absolute atomic E-state index is 0.0546. The van der Waals surface area contributed by atoms with E-state index in [9.17, 15) is 14.4 Å². The van der Waals surface area contributed by atoms with Crippen molar-refractivity contribution < 1.29 is 0 Å². The third-order valence-corrected chi connectivity index (χ3v) is 4.63. The molecule has 1 aromatic carbocycles. The summed E-state index contributed by atoms with van der Waals surface area (Å²) in [5.41, 5.74) is 4.36. The number of pyridine rings is 1. The van der Waals surface area contributed by atoms with Crippen LogP contribution in [-0.4, -0.2) is 19.7 Å². The maximum Gasteiger partial charge on any atom is 0.349 e. The minimum atomic E-state index is -0.573. The predicted molar refractivity (Wildman–Crippen MR) is 104 cm³/mol. The average Bonchev–Trinajstić information content (AvgIpc) is 2.59. The maximum absolute atomic E-state index is 12.0. The van der Waals surface area contributed by atoms with Crippen molar-refractivity contribution in [1.82, 2.24) is 19.7 Å². The second kappa shape index (κ2) is 7.19. The molecule has 3 rings (SSSR count). The lowest BCUT2D eigenvalue weighted by atomic mass is 9.94. The van der Waals surface area contributed by atoms with Crippen LogP contribution in [0, 0.1) is 13.8 Å². The molecular formula is C20H22N4O3. The van der Waals surface area contributed by atoms with E-state index < -0.39 is 11.2 Å². The normalized spacial score (nSPS) is 11.1.